The van der Waals surface area contributed by atoms with E-state index in [4.69, 9.17) is 19.9 Å². The second-order valence-corrected chi connectivity index (χ2v) is 17.2. The highest BCUT2D eigenvalue weighted by molar-refractivity contribution is 8.00. The van der Waals surface area contributed by atoms with Crippen molar-refractivity contribution in [3.8, 4) is 45.2 Å². The molecule has 2 aliphatic rings. The SMILES string of the molecule is C1=C(c2nc(-c3ccccc3)nc(-c3ccc(-c4cccc5c4sc4ccc6c(-c7ccccc7)nc7ccccc7c6c45)cc3)n2)CC2Sc3ccccc3C2=C1. The molecule has 1 aliphatic carbocycles. The normalized spacial score (nSPS) is 14.8. The molecule has 3 aromatic heterocycles. The summed E-state index contributed by atoms with van der Waals surface area (Å²) in [6, 6.07) is 58.1. The maximum Gasteiger partial charge on any atom is 0.164 e. The van der Waals surface area contributed by atoms with E-state index in [9.17, 15) is 0 Å². The summed E-state index contributed by atoms with van der Waals surface area (Å²) in [4.78, 5) is 21.8. The Balaban J connectivity index is 0.966. The molecule has 4 heterocycles. The highest BCUT2D eigenvalue weighted by atomic mass is 32.2. The molecule has 1 atom stereocenters. The number of aromatic nitrogens is 4. The zero-order valence-electron chi connectivity index (χ0n) is 31.1. The third kappa shape index (κ3) is 5.44. The molecule has 58 heavy (non-hydrogen) atoms. The minimum absolute atomic E-state index is 0.355. The zero-order valence-corrected chi connectivity index (χ0v) is 32.8. The quantitative estimate of drug-likeness (QED) is 0.163. The number of rotatable bonds is 5. The minimum Gasteiger partial charge on any atom is -0.247 e. The van der Waals surface area contributed by atoms with Crippen LogP contribution in [-0.4, -0.2) is 25.2 Å². The van der Waals surface area contributed by atoms with Crippen LogP contribution in [0.5, 0.6) is 0 Å². The predicted octanol–water partition coefficient (Wildman–Crippen LogP) is 14.0. The van der Waals surface area contributed by atoms with Crippen molar-refractivity contribution in [1.29, 1.82) is 0 Å². The van der Waals surface area contributed by atoms with Gasteiger partial charge < -0.3 is 0 Å². The van der Waals surface area contributed by atoms with Gasteiger partial charge in [-0.1, -0.05) is 158 Å². The van der Waals surface area contributed by atoms with Crippen LogP contribution in [0.4, 0.5) is 0 Å². The van der Waals surface area contributed by atoms with Crippen LogP contribution in [-0.2, 0) is 0 Å². The summed E-state index contributed by atoms with van der Waals surface area (Å²) in [5.41, 5.74) is 11.3. The molecule has 0 amide bonds. The molecule has 0 saturated heterocycles. The number of fused-ring (bicyclic) bond motifs is 10. The second kappa shape index (κ2) is 13.4. The van der Waals surface area contributed by atoms with Crippen LogP contribution in [0.1, 0.15) is 17.8 Å². The largest absolute Gasteiger partial charge is 0.247 e. The molecule has 0 N–H and O–H groups in total. The first-order valence-electron chi connectivity index (χ1n) is 19.6. The summed E-state index contributed by atoms with van der Waals surface area (Å²) in [5, 5.41) is 6.52. The first-order valence-corrected chi connectivity index (χ1v) is 21.2. The van der Waals surface area contributed by atoms with E-state index in [0.717, 1.165) is 51.3 Å². The molecule has 10 aromatic rings. The number of para-hydroxylation sites is 1. The van der Waals surface area contributed by atoms with E-state index >= 15 is 0 Å². The molecule has 4 nitrogen and oxygen atoms in total. The van der Waals surface area contributed by atoms with Gasteiger partial charge in [0.2, 0.25) is 0 Å². The van der Waals surface area contributed by atoms with E-state index < -0.39 is 0 Å². The third-order valence-corrected chi connectivity index (χ3v) is 14.0. The van der Waals surface area contributed by atoms with Crippen LogP contribution in [0.25, 0.3) is 98.2 Å². The van der Waals surface area contributed by atoms with Gasteiger partial charge in [0.05, 0.1) is 11.2 Å². The van der Waals surface area contributed by atoms with Gasteiger partial charge in [0.25, 0.3) is 0 Å². The Morgan fingerprint density at radius 2 is 1.10 bits per heavy atom. The lowest BCUT2D eigenvalue weighted by molar-refractivity contribution is 0.995. The van der Waals surface area contributed by atoms with Gasteiger partial charge in [0.15, 0.2) is 17.5 Å². The summed E-state index contributed by atoms with van der Waals surface area (Å²) in [5.74, 6) is 2.10. The maximum atomic E-state index is 5.20. The molecule has 0 saturated carbocycles. The van der Waals surface area contributed by atoms with Gasteiger partial charge in [0, 0.05) is 63.2 Å². The van der Waals surface area contributed by atoms with Gasteiger partial charge in [-0.15, -0.1) is 23.1 Å². The Hall–Kier alpha value is -6.73. The van der Waals surface area contributed by atoms with E-state index in [1.807, 2.05) is 41.3 Å². The maximum absolute atomic E-state index is 5.20. The van der Waals surface area contributed by atoms with Crippen molar-refractivity contribution in [3.63, 3.8) is 0 Å². The van der Waals surface area contributed by atoms with E-state index in [1.54, 1.807) is 0 Å². The first-order chi connectivity index (χ1) is 28.7. The summed E-state index contributed by atoms with van der Waals surface area (Å²) in [6.07, 6.45) is 5.35. The highest BCUT2D eigenvalue weighted by Crippen LogP contribution is 2.50. The third-order valence-electron chi connectivity index (χ3n) is 11.5. The Morgan fingerprint density at radius 1 is 0.448 bits per heavy atom. The van der Waals surface area contributed by atoms with Crippen molar-refractivity contribution in [2.75, 3.05) is 0 Å². The smallest absolute Gasteiger partial charge is 0.164 e. The average Bonchev–Trinajstić information content (AvgIpc) is 3.87. The van der Waals surface area contributed by atoms with Gasteiger partial charge in [0.1, 0.15) is 0 Å². The van der Waals surface area contributed by atoms with E-state index in [-0.39, 0.29) is 0 Å². The molecule has 7 aromatic carbocycles. The molecular weight excluding hydrogens is 745 g/mol. The fourth-order valence-electron chi connectivity index (χ4n) is 8.71. The van der Waals surface area contributed by atoms with Gasteiger partial charge in [-0.25, -0.2) is 19.9 Å². The van der Waals surface area contributed by atoms with Crippen LogP contribution in [0.15, 0.2) is 181 Å². The number of benzene rings is 7. The fraction of sp³-hybridized carbons (Fsp3) is 0.0385. The van der Waals surface area contributed by atoms with Crippen molar-refractivity contribution in [1.82, 2.24) is 19.9 Å². The lowest BCUT2D eigenvalue weighted by Gasteiger charge is -2.18. The monoisotopic (exact) mass is 776 g/mol. The number of thioether (sulfide) groups is 1. The number of nitrogens with zero attached hydrogens (tertiary/aromatic N) is 4. The van der Waals surface area contributed by atoms with Gasteiger partial charge >= 0.3 is 0 Å². The van der Waals surface area contributed by atoms with E-state index in [0.29, 0.717) is 16.9 Å². The average molecular weight is 777 g/mol. The number of pyridine rings is 1. The Kier molecular flexibility index (Phi) is 7.75. The predicted molar refractivity (Wildman–Crippen MR) is 244 cm³/mol. The van der Waals surface area contributed by atoms with Crippen molar-refractivity contribution in [3.05, 3.63) is 187 Å². The first kappa shape index (κ1) is 33.4. The van der Waals surface area contributed by atoms with Crippen LogP contribution < -0.4 is 0 Å². The Bertz CT molecular complexity index is 3330. The van der Waals surface area contributed by atoms with Gasteiger partial charge in [-0.2, -0.15) is 0 Å². The van der Waals surface area contributed by atoms with Crippen LogP contribution in [0, 0.1) is 0 Å². The number of allylic oxidation sites excluding steroid dienone is 3. The van der Waals surface area contributed by atoms with E-state index in [1.165, 1.54) is 57.9 Å². The standard InChI is InChI=1S/C52H32N4S2/c1-3-12-32(13-4-1)48-40-28-29-44-47(46(40)39-17-7-9-20-42(39)53-48)41-19-11-18-36(49(41)58-44)31-22-24-34(25-23-31)51-54-50(33-14-5-2-6-15-33)55-52(56-51)35-26-27-38-37-16-8-10-21-43(37)57-45(38)30-35/h1-29,45H,30H2. The van der Waals surface area contributed by atoms with Gasteiger partial charge in [-0.05, 0) is 52.5 Å². The number of thiophene rings is 1. The van der Waals surface area contributed by atoms with Crippen molar-refractivity contribution >= 4 is 76.1 Å². The summed E-state index contributed by atoms with van der Waals surface area (Å²) in [6.45, 7) is 0. The van der Waals surface area contributed by atoms with Crippen molar-refractivity contribution in [2.24, 2.45) is 0 Å². The Labute approximate surface area is 343 Å². The highest BCUT2D eigenvalue weighted by Gasteiger charge is 2.31. The number of hydrogen-bond acceptors (Lipinski definition) is 6. The van der Waals surface area contributed by atoms with Crippen LogP contribution in [0.3, 0.4) is 0 Å². The van der Waals surface area contributed by atoms with E-state index in [2.05, 4.69) is 158 Å². The summed E-state index contributed by atoms with van der Waals surface area (Å²) >= 11 is 3.80. The van der Waals surface area contributed by atoms with Crippen LogP contribution >= 0.6 is 23.1 Å². The molecular formula is C52H32N4S2. The van der Waals surface area contributed by atoms with Crippen molar-refractivity contribution in [2.45, 2.75) is 16.6 Å². The number of hydrogen-bond donors (Lipinski definition) is 0. The lowest BCUT2D eigenvalue weighted by atomic mass is 9.93. The second-order valence-electron chi connectivity index (χ2n) is 14.9. The summed E-state index contributed by atoms with van der Waals surface area (Å²) < 4.78 is 2.55. The topological polar surface area (TPSA) is 51.6 Å². The molecule has 6 heteroatoms. The van der Waals surface area contributed by atoms with Crippen molar-refractivity contribution < 1.29 is 0 Å². The molecule has 0 bridgehead atoms. The minimum atomic E-state index is 0.355. The molecule has 0 fully saturated rings. The zero-order chi connectivity index (χ0) is 38.2. The molecule has 0 radical (unpaired) electrons. The van der Waals surface area contributed by atoms with Crippen LogP contribution in [0.2, 0.25) is 0 Å². The summed E-state index contributed by atoms with van der Waals surface area (Å²) in [7, 11) is 0. The fourth-order valence-corrected chi connectivity index (χ4v) is 11.3. The van der Waals surface area contributed by atoms with Gasteiger partial charge in [-0.3, -0.25) is 0 Å². The Morgan fingerprint density at radius 3 is 1.93 bits per heavy atom. The molecule has 1 aliphatic heterocycles. The molecule has 12 rings (SSSR count). The molecule has 272 valence electrons. The lowest BCUT2D eigenvalue weighted by Crippen LogP contribution is -2.09. The molecule has 1 unspecified atom stereocenters. The molecule has 0 spiro atoms.